The van der Waals surface area contributed by atoms with Gasteiger partial charge in [-0.1, -0.05) is 20.8 Å². The summed E-state index contributed by atoms with van der Waals surface area (Å²) >= 11 is 0. The fourth-order valence-corrected chi connectivity index (χ4v) is 3.09. The van der Waals surface area contributed by atoms with Crippen molar-refractivity contribution in [2.45, 2.75) is 52.2 Å². The third-order valence-corrected chi connectivity index (χ3v) is 4.19. The van der Waals surface area contributed by atoms with Crippen LogP contribution in [0.15, 0.2) is 0 Å². The van der Waals surface area contributed by atoms with Crippen LogP contribution in [-0.2, 0) is 22.5 Å². The first-order valence-electron chi connectivity index (χ1n) is 8.02. The zero-order chi connectivity index (χ0) is 14.8. The number of fused-ring (bicyclic) bond motifs is 3. The zero-order valence-corrected chi connectivity index (χ0v) is 13.3. The van der Waals surface area contributed by atoms with E-state index in [0.29, 0.717) is 19.1 Å². The SMILES string of the molecule is CCc1nc(C(C)C)c2c(n1)N1CCCOCC1COC2. The van der Waals surface area contributed by atoms with Crippen molar-refractivity contribution in [2.75, 3.05) is 31.3 Å². The fourth-order valence-electron chi connectivity index (χ4n) is 3.09. The van der Waals surface area contributed by atoms with Gasteiger partial charge in [0.15, 0.2) is 0 Å². The molecule has 2 aliphatic heterocycles. The van der Waals surface area contributed by atoms with Gasteiger partial charge in [0.1, 0.15) is 11.6 Å². The van der Waals surface area contributed by atoms with Gasteiger partial charge in [-0.05, 0) is 12.3 Å². The predicted octanol–water partition coefficient (Wildman–Crippen LogP) is 2.29. The van der Waals surface area contributed by atoms with Gasteiger partial charge >= 0.3 is 0 Å². The molecule has 0 spiro atoms. The maximum absolute atomic E-state index is 5.91. The highest BCUT2D eigenvalue weighted by atomic mass is 16.5. The first-order chi connectivity index (χ1) is 10.2. The summed E-state index contributed by atoms with van der Waals surface area (Å²) in [4.78, 5) is 12.0. The Hall–Kier alpha value is -1.20. The molecule has 0 amide bonds. The van der Waals surface area contributed by atoms with E-state index in [9.17, 15) is 0 Å². The number of nitrogens with zero attached hydrogens (tertiary/aromatic N) is 3. The number of hydrogen-bond acceptors (Lipinski definition) is 5. The Labute approximate surface area is 126 Å². The van der Waals surface area contributed by atoms with Crippen LogP contribution in [0.1, 0.15) is 50.2 Å². The van der Waals surface area contributed by atoms with Crippen molar-refractivity contribution < 1.29 is 9.47 Å². The predicted molar refractivity (Wildman–Crippen MR) is 81.7 cm³/mol. The second-order valence-corrected chi connectivity index (χ2v) is 6.13. The molecule has 1 atom stereocenters. The number of ether oxygens (including phenoxy) is 2. The largest absolute Gasteiger partial charge is 0.379 e. The van der Waals surface area contributed by atoms with Crippen molar-refractivity contribution in [3.8, 4) is 0 Å². The Morgan fingerprint density at radius 2 is 2.05 bits per heavy atom. The van der Waals surface area contributed by atoms with Crippen LogP contribution >= 0.6 is 0 Å². The van der Waals surface area contributed by atoms with Crippen molar-refractivity contribution in [3.63, 3.8) is 0 Å². The van der Waals surface area contributed by atoms with Crippen molar-refractivity contribution in [1.29, 1.82) is 0 Å². The number of aromatic nitrogens is 2. The highest BCUT2D eigenvalue weighted by Gasteiger charge is 2.30. The first-order valence-corrected chi connectivity index (χ1v) is 8.02. The normalized spacial score (nSPS) is 22.5. The number of aryl methyl sites for hydroxylation is 1. The van der Waals surface area contributed by atoms with E-state index in [4.69, 9.17) is 19.4 Å². The molecule has 0 aromatic carbocycles. The summed E-state index contributed by atoms with van der Waals surface area (Å²) in [5.74, 6) is 2.40. The molecule has 1 aromatic rings. The highest BCUT2D eigenvalue weighted by Crippen LogP contribution is 2.31. The van der Waals surface area contributed by atoms with E-state index >= 15 is 0 Å². The van der Waals surface area contributed by atoms with E-state index in [1.807, 2.05) is 0 Å². The summed E-state index contributed by atoms with van der Waals surface area (Å²) in [5, 5.41) is 0. The van der Waals surface area contributed by atoms with Gasteiger partial charge in [0.25, 0.3) is 0 Å². The Morgan fingerprint density at radius 1 is 1.24 bits per heavy atom. The molecule has 116 valence electrons. The van der Waals surface area contributed by atoms with Crippen LogP contribution in [0.2, 0.25) is 0 Å². The first kappa shape index (κ1) is 14.7. The standard InChI is InChI=1S/C16H25N3O2/c1-4-14-17-15(11(2)3)13-10-21-9-12-8-20-7-5-6-19(12)16(13)18-14/h11-12H,4-10H2,1-3H3. The van der Waals surface area contributed by atoms with Crippen molar-refractivity contribution in [2.24, 2.45) is 0 Å². The van der Waals surface area contributed by atoms with Gasteiger partial charge in [0, 0.05) is 25.1 Å². The van der Waals surface area contributed by atoms with Crippen LogP contribution in [0.25, 0.3) is 0 Å². The van der Waals surface area contributed by atoms with Gasteiger partial charge in [-0.3, -0.25) is 0 Å². The van der Waals surface area contributed by atoms with Gasteiger partial charge in [-0.15, -0.1) is 0 Å². The number of rotatable bonds is 2. The zero-order valence-electron chi connectivity index (χ0n) is 13.3. The van der Waals surface area contributed by atoms with Crippen molar-refractivity contribution in [1.82, 2.24) is 9.97 Å². The van der Waals surface area contributed by atoms with Gasteiger partial charge in [-0.2, -0.15) is 0 Å². The molecule has 5 heteroatoms. The fraction of sp³-hybridized carbons (Fsp3) is 0.750. The van der Waals surface area contributed by atoms with E-state index in [1.54, 1.807) is 0 Å². The van der Waals surface area contributed by atoms with Crippen LogP contribution in [0, 0.1) is 0 Å². The van der Waals surface area contributed by atoms with E-state index in [-0.39, 0.29) is 6.04 Å². The Kier molecular flexibility index (Phi) is 4.40. The number of anilines is 1. The Morgan fingerprint density at radius 3 is 2.81 bits per heavy atom. The molecule has 2 aliphatic rings. The van der Waals surface area contributed by atoms with Crippen LogP contribution < -0.4 is 4.90 Å². The average molecular weight is 291 g/mol. The second kappa shape index (κ2) is 6.28. The summed E-state index contributed by atoms with van der Waals surface area (Å²) in [6, 6.07) is 0.272. The Bertz CT molecular complexity index is 505. The van der Waals surface area contributed by atoms with Crippen LogP contribution in [0.5, 0.6) is 0 Å². The second-order valence-electron chi connectivity index (χ2n) is 6.13. The minimum Gasteiger partial charge on any atom is -0.379 e. The summed E-state index contributed by atoms with van der Waals surface area (Å²) in [5.41, 5.74) is 2.31. The molecule has 0 bridgehead atoms. The molecule has 3 rings (SSSR count). The quantitative estimate of drug-likeness (QED) is 0.836. The lowest BCUT2D eigenvalue weighted by molar-refractivity contribution is 0.0727. The molecule has 5 nitrogen and oxygen atoms in total. The third kappa shape index (κ3) is 2.90. The molecule has 21 heavy (non-hydrogen) atoms. The smallest absolute Gasteiger partial charge is 0.138 e. The van der Waals surface area contributed by atoms with Gasteiger partial charge in [0.05, 0.1) is 31.6 Å². The van der Waals surface area contributed by atoms with E-state index < -0.39 is 0 Å². The van der Waals surface area contributed by atoms with Crippen LogP contribution in [0.4, 0.5) is 5.82 Å². The summed E-state index contributed by atoms with van der Waals surface area (Å²) in [7, 11) is 0. The van der Waals surface area contributed by atoms with Crippen LogP contribution in [0.3, 0.4) is 0 Å². The van der Waals surface area contributed by atoms with Gasteiger partial charge in [0.2, 0.25) is 0 Å². The molecule has 0 saturated carbocycles. The lowest BCUT2D eigenvalue weighted by Gasteiger charge is -2.29. The molecule has 1 aromatic heterocycles. The van der Waals surface area contributed by atoms with E-state index in [0.717, 1.165) is 49.9 Å². The van der Waals surface area contributed by atoms with Gasteiger partial charge < -0.3 is 14.4 Å². The highest BCUT2D eigenvalue weighted by molar-refractivity contribution is 5.51. The molecule has 1 saturated heterocycles. The molecule has 0 aliphatic carbocycles. The minimum absolute atomic E-state index is 0.272. The summed E-state index contributed by atoms with van der Waals surface area (Å²) in [6.45, 7) is 10.3. The van der Waals surface area contributed by atoms with E-state index in [2.05, 4.69) is 25.7 Å². The lowest BCUT2D eigenvalue weighted by atomic mass is 10.0. The molecular formula is C16H25N3O2. The molecule has 3 heterocycles. The van der Waals surface area contributed by atoms with E-state index in [1.165, 1.54) is 5.56 Å². The maximum atomic E-state index is 5.91. The van der Waals surface area contributed by atoms with Gasteiger partial charge in [-0.25, -0.2) is 9.97 Å². The number of hydrogen-bond donors (Lipinski definition) is 0. The average Bonchev–Trinajstić information content (AvgIpc) is 2.80. The maximum Gasteiger partial charge on any atom is 0.138 e. The minimum atomic E-state index is 0.272. The molecule has 0 radical (unpaired) electrons. The Balaban J connectivity index is 2.09. The molecule has 0 N–H and O–H groups in total. The topological polar surface area (TPSA) is 47.5 Å². The summed E-state index contributed by atoms with van der Waals surface area (Å²) < 4.78 is 11.6. The monoisotopic (exact) mass is 291 g/mol. The molecule has 1 fully saturated rings. The summed E-state index contributed by atoms with van der Waals surface area (Å²) in [6.07, 6.45) is 1.90. The molecular weight excluding hydrogens is 266 g/mol. The van der Waals surface area contributed by atoms with Crippen LogP contribution in [-0.4, -0.2) is 42.4 Å². The van der Waals surface area contributed by atoms with Crippen molar-refractivity contribution >= 4 is 5.82 Å². The van der Waals surface area contributed by atoms with Crippen molar-refractivity contribution in [3.05, 3.63) is 17.1 Å². The molecule has 1 unspecified atom stereocenters. The lowest BCUT2D eigenvalue weighted by Crippen LogP contribution is -2.40. The third-order valence-electron chi connectivity index (χ3n) is 4.19.